The number of hydrogen-bond donors (Lipinski definition) is 1. The number of hydrogen-bond acceptors (Lipinski definition) is 5. The zero-order chi connectivity index (χ0) is 11.7. The molecule has 0 radical (unpaired) electrons. The summed E-state index contributed by atoms with van der Waals surface area (Å²) < 4.78 is 9.00. The fraction of sp³-hybridized carbons (Fsp3) is 0.600. The molecule has 0 aromatic heterocycles. The Morgan fingerprint density at radius 2 is 2.07 bits per heavy atom. The van der Waals surface area contributed by atoms with E-state index >= 15 is 0 Å². The van der Waals surface area contributed by atoms with E-state index in [1.807, 2.05) is 0 Å². The lowest BCUT2D eigenvalue weighted by atomic mass is 10.1. The summed E-state index contributed by atoms with van der Waals surface area (Å²) in [5.74, 6) is -0.739. The highest BCUT2D eigenvalue weighted by Gasteiger charge is 2.17. The summed E-state index contributed by atoms with van der Waals surface area (Å²) in [6.45, 7) is 0. The molecule has 0 rings (SSSR count). The molecule has 0 bridgehead atoms. The average Bonchev–Trinajstić information content (AvgIpc) is 2.26. The minimum Gasteiger partial charge on any atom is -0.469 e. The summed E-state index contributed by atoms with van der Waals surface area (Å²) in [5.41, 5.74) is 0. The first kappa shape index (κ1) is 13.3. The number of ether oxygens (including phenoxy) is 2. The van der Waals surface area contributed by atoms with Crippen LogP contribution >= 0.6 is 0 Å². The molecule has 0 aromatic carbocycles. The highest BCUT2D eigenvalue weighted by molar-refractivity contribution is 5.76. The van der Waals surface area contributed by atoms with E-state index in [9.17, 15) is 9.59 Å². The Morgan fingerprint density at radius 1 is 1.40 bits per heavy atom. The van der Waals surface area contributed by atoms with Crippen LogP contribution in [0.4, 0.5) is 0 Å². The van der Waals surface area contributed by atoms with Gasteiger partial charge in [0.1, 0.15) is 6.04 Å². The summed E-state index contributed by atoms with van der Waals surface area (Å²) in [7, 11) is 2.60. The van der Waals surface area contributed by atoms with Crippen LogP contribution < -0.4 is 5.32 Å². The van der Waals surface area contributed by atoms with E-state index in [4.69, 9.17) is 6.42 Å². The zero-order valence-corrected chi connectivity index (χ0v) is 8.91. The Labute approximate surface area is 89.1 Å². The summed E-state index contributed by atoms with van der Waals surface area (Å²) in [5, 5.41) is 2.53. The Hall–Kier alpha value is -1.70. The van der Waals surface area contributed by atoms with Crippen LogP contribution in [0.5, 0.6) is 0 Å². The van der Waals surface area contributed by atoms with Crippen molar-refractivity contribution >= 4 is 11.9 Å². The van der Waals surface area contributed by atoms with Gasteiger partial charge in [-0.15, -0.1) is 0 Å². The monoisotopic (exact) mass is 213 g/mol. The third-order valence-corrected chi connectivity index (χ3v) is 1.84. The van der Waals surface area contributed by atoms with Crippen LogP contribution in [-0.2, 0) is 19.1 Å². The second-order valence-electron chi connectivity index (χ2n) is 2.83. The molecule has 1 unspecified atom stereocenters. The minimum atomic E-state index is -0.565. The quantitative estimate of drug-likeness (QED) is 0.384. The van der Waals surface area contributed by atoms with Crippen LogP contribution in [0.25, 0.3) is 0 Å². The standard InChI is InChI=1S/C10H15NO4/c1-4-11-8(10(13)15-3)6-5-7-9(12)14-2/h1,8,11H,5-7H2,2-3H3. The smallest absolute Gasteiger partial charge is 0.328 e. The Bertz CT molecular complexity index is 257. The maximum Gasteiger partial charge on any atom is 0.328 e. The third kappa shape index (κ3) is 5.57. The lowest BCUT2D eigenvalue weighted by molar-refractivity contribution is -0.144. The topological polar surface area (TPSA) is 64.6 Å². The van der Waals surface area contributed by atoms with Gasteiger partial charge in [0.15, 0.2) is 0 Å². The van der Waals surface area contributed by atoms with E-state index in [1.54, 1.807) is 0 Å². The van der Waals surface area contributed by atoms with Crippen molar-refractivity contribution in [1.29, 1.82) is 0 Å². The summed E-state index contributed by atoms with van der Waals surface area (Å²) in [6.07, 6.45) is 6.23. The van der Waals surface area contributed by atoms with Gasteiger partial charge in [-0.1, -0.05) is 6.42 Å². The molecule has 0 saturated heterocycles. The largest absolute Gasteiger partial charge is 0.469 e. The van der Waals surface area contributed by atoms with Gasteiger partial charge in [0.2, 0.25) is 0 Å². The number of carbonyl (C=O) groups is 2. The number of nitrogens with one attached hydrogen (secondary N) is 1. The summed E-state index contributed by atoms with van der Waals surface area (Å²) >= 11 is 0. The number of terminal acetylenes is 1. The van der Waals surface area contributed by atoms with Crippen molar-refractivity contribution in [2.45, 2.75) is 25.3 Å². The van der Waals surface area contributed by atoms with E-state index in [1.165, 1.54) is 14.2 Å². The summed E-state index contributed by atoms with van der Waals surface area (Å²) in [6, 6.07) is 1.60. The molecule has 0 saturated carbocycles. The van der Waals surface area contributed by atoms with Gasteiger partial charge in [-0.05, 0) is 12.8 Å². The number of methoxy groups -OCH3 is 2. The first-order valence-corrected chi connectivity index (χ1v) is 4.51. The van der Waals surface area contributed by atoms with Gasteiger partial charge in [-0.2, -0.15) is 0 Å². The van der Waals surface area contributed by atoms with Crippen molar-refractivity contribution in [1.82, 2.24) is 5.32 Å². The molecular formula is C10H15NO4. The van der Waals surface area contributed by atoms with Crippen molar-refractivity contribution in [2.24, 2.45) is 0 Å². The van der Waals surface area contributed by atoms with E-state index in [0.29, 0.717) is 12.8 Å². The van der Waals surface area contributed by atoms with Gasteiger partial charge >= 0.3 is 11.9 Å². The van der Waals surface area contributed by atoms with E-state index in [2.05, 4.69) is 20.8 Å². The molecule has 0 aliphatic rings. The highest BCUT2D eigenvalue weighted by atomic mass is 16.5. The second kappa shape index (κ2) is 7.68. The molecule has 1 atom stereocenters. The van der Waals surface area contributed by atoms with Crippen molar-refractivity contribution in [3.8, 4) is 12.5 Å². The fourth-order valence-electron chi connectivity index (χ4n) is 1.04. The fourth-order valence-corrected chi connectivity index (χ4v) is 1.04. The normalized spacial score (nSPS) is 11.0. The molecule has 0 fully saturated rings. The van der Waals surface area contributed by atoms with Gasteiger partial charge in [0.25, 0.3) is 0 Å². The molecule has 84 valence electrons. The van der Waals surface area contributed by atoms with Crippen molar-refractivity contribution in [3.63, 3.8) is 0 Å². The minimum absolute atomic E-state index is 0.260. The molecule has 0 amide bonds. The van der Waals surface area contributed by atoms with Crippen LogP contribution in [0.3, 0.4) is 0 Å². The Morgan fingerprint density at radius 3 is 2.53 bits per heavy atom. The molecule has 0 aromatic rings. The van der Waals surface area contributed by atoms with Gasteiger partial charge in [-0.3, -0.25) is 4.79 Å². The average molecular weight is 213 g/mol. The maximum atomic E-state index is 11.2. The van der Waals surface area contributed by atoms with Crippen LogP contribution in [0, 0.1) is 12.5 Å². The van der Waals surface area contributed by atoms with Gasteiger partial charge < -0.3 is 14.8 Å². The molecule has 0 aliphatic carbocycles. The number of rotatable bonds is 6. The zero-order valence-electron chi connectivity index (χ0n) is 8.91. The number of esters is 2. The Kier molecular flexibility index (Phi) is 6.81. The first-order valence-electron chi connectivity index (χ1n) is 4.51. The molecule has 15 heavy (non-hydrogen) atoms. The van der Waals surface area contributed by atoms with Gasteiger partial charge in [0.05, 0.1) is 14.2 Å². The second-order valence-corrected chi connectivity index (χ2v) is 2.83. The lowest BCUT2D eigenvalue weighted by Gasteiger charge is -2.12. The molecular weight excluding hydrogens is 198 g/mol. The van der Waals surface area contributed by atoms with Crippen LogP contribution in [0.1, 0.15) is 19.3 Å². The predicted molar refractivity (Wildman–Crippen MR) is 53.6 cm³/mol. The van der Waals surface area contributed by atoms with E-state index in [0.717, 1.165) is 0 Å². The van der Waals surface area contributed by atoms with E-state index < -0.39 is 12.0 Å². The Balaban J connectivity index is 3.92. The van der Waals surface area contributed by atoms with Crippen LogP contribution in [0.15, 0.2) is 0 Å². The van der Waals surface area contributed by atoms with Crippen molar-refractivity contribution in [2.75, 3.05) is 14.2 Å². The van der Waals surface area contributed by atoms with Crippen LogP contribution in [-0.4, -0.2) is 32.2 Å². The molecule has 5 nitrogen and oxygen atoms in total. The van der Waals surface area contributed by atoms with Gasteiger partial charge in [0, 0.05) is 12.5 Å². The van der Waals surface area contributed by atoms with Crippen LogP contribution in [0.2, 0.25) is 0 Å². The molecule has 5 heteroatoms. The third-order valence-electron chi connectivity index (χ3n) is 1.84. The first-order chi connectivity index (χ1) is 7.15. The SMILES string of the molecule is C#CNC(CCCC(=O)OC)C(=O)OC. The molecule has 0 aliphatic heterocycles. The highest BCUT2D eigenvalue weighted by Crippen LogP contribution is 2.03. The molecule has 0 spiro atoms. The van der Waals surface area contributed by atoms with Crippen molar-refractivity contribution < 1.29 is 19.1 Å². The maximum absolute atomic E-state index is 11.2. The molecule has 1 N–H and O–H groups in total. The predicted octanol–water partition coefficient (Wildman–Crippen LogP) is 0.0516. The van der Waals surface area contributed by atoms with Crippen molar-refractivity contribution in [3.05, 3.63) is 0 Å². The number of carbonyl (C=O) groups excluding carboxylic acids is 2. The molecule has 0 heterocycles. The van der Waals surface area contributed by atoms with Gasteiger partial charge in [-0.25, -0.2) is 4.79 Å². The lowest BCUT2D eigenvalue weighted by Crippen LogP contribution is -2.34. The summed E-state index contributed by atoms with van der Waals surface area (Å²) in [4.78, 5) is 21.9. The van der Waals surface area contributed by atoms with E-state index in [-0.39, 0.29) is 12.4 Å².